The third kappa shape index (κ3) is 3.52. The summed E-state index contributed by atoms with van der Waals surface area (Å²) in [4.78, 5) is 0. The van der Waals surface area contributed by atoms with Gasteiger partial charge in [0.15, 0.2) is 0 Å². The summed E-state index contributed by atoms with van der Waals surface area (Å²) >= 11 is 3.44. The van der Waals surface area contributed by atoms with Crippen LogP contribution < -0.4 is 5.32 Å². The van der Waals surface area contributed by atoms with Crippen LogP contribution in [0.2, 0.25) is 0 Å². The van der Waals surface area contributed by atoms with E-state index >= 15 is 0 Å². The predicted octanol–water partition coefficient (Wildman–Crippen LogP) is 3.77. The van der Waals surface area contributed by atoms with Crippen molar-refractivity contribution in [3.8, 4) is 0 Å². The van der Waals surface area contributed by atoms with E-state index in [0.717, 1.165) is 11.0 Å². The Morgan fingerprint density at radius 3 is 2.35 bits per heavy atom. The minimum Gasteiger partial charge on any atom is -0.315 e. The summed E-state index contributed by atoms with van der Waals surface area (Å²) in [5, 5.41) is 3.31. The third-order valence-corrected chi connectivity index (χ3v) is 6.62. The average Bonchev–Trinajstić information content (AvgIpc) is 2.90. The van der Waals surface area contributed by atoms with Crippen LogP contribution in [0.25, 0.3) is 0 Å². The summed E-state index contributed by atoms with van der Waals surface area (Å²) in [5.41, 5.74) is 1.05. The first-order valence-corrected chi connectivity index (χ1v) is 9.36. The van der Waals surface area contributed by atoms with Crippen molar-refractivity contribution < 1.29 is 13.6 Å². The van der Waals surface area contributed by atoms with Gasteiger partial charge in [-0.05, 0) is 31.5 Å². The molecule has 1 aromatic carbocycles. The molecule has 1 saturated heterocycles. The SMILES string of the molecule is CCOP(=O)(OCC)C1CNCC1c1ccc(Br)cc1. The Labute approximate surface area is 128 Å². The lowest BCUT2D eigenvalue weighted by molar-refractivity contribution is 0.211. The zero-order chi connectivity index (χ0) is 14.6. The zero-order valence-electron chi connectivity index (χ0n) is 11.8. The molecule has 20 heavy (non-hydrogen) atoms. The minimum atomic E-state index is -3.07. The number of halogens is 1. The molecule has 4 nitrogen and oxygen atoms in total. The Morgan fingerprint density at radius 2 is 1.80 bits per heavy atom. The first-order chi connectivity index (χ1) is 9.60. The van der Waals surface area contributed by atoms with Crippen LogP contribution in [0.15, 0.2) is 28.7 Å². The maximum absolute atomic E-state index is 13.0. The number of hydrogen-bond acceptors (Lipinski definition) is 4. The van der Waals surface area contributed by atoms with Crippen LogP contribution in [-0.4, -0.2) is 32.0 Å². The van der Waals surface area contributed by atoms with Crippen molar-refractivity contribution in [1.82, 2.24) is 5.32 Å². The van der Waals surface area contributed by atoms with Gasteiger partial charge < -0.3 is 14.4 Å². The molecule has 1 fully saturated rings. The molecular formula is C14H21BrNO3P. The van der Waals surface area contributed by atoms with E-state index in [9.17, 15) is 4.57 Å². The van der Waals surface area contributed by atoms with Gasteiger partial charge in [-0.1, -0.05) is 28.1 Å². The van der Waals surface area contributed by atoms with Crippen molar-refractivity contribution in [2.24, 2.45) is 0 Å². The van der Waals surface area contributed by atoms with E-state index in [0.29, 0.717) is 19.8 Å². The van der Waals surface area contributed by atoms with Gasteiger partial charge in [0.05, 0.1) is 18.9 Å². The molecule has 0 aromatic heterocycles. The quantitative estimate of drug-likeness (QED) is 0.783. The van der Waals surface area contributed by atoms with Gasteiger partial charge in [-0.3, -0.25) is 4.57 Å². The molecular weight excluding hydrogens is 341 g/mol. The van der Waals surface area contributed by atoms with Crippen LogP contribution in [0.3, 0.4) is 0 Å². The zero-order valence-corrected chi connectivity index (χ0v) is 14.3. The van der Waals surface area contributed by atoms with Gasteiger partial charge in [0.2, 0.25) is 0 Å². The molecule has 1 N–H and O–H groups in total. The van der Waals surface area contributed by atoms with E-state index in [1.165, 1.54) is 5.56 Å². The molecule has 0 spiro atoms. The minimum absolute atomic E-state index is 0.122. The first-order valence-electron chi connectivity index (χ1n) is 6.95. The van der Waals surface area contributed by atoms with Gasteiger partial charge in [-0.2, -0.15) is 0 Å². The van der Waals surface area contributed by atoms with E-state index < -0.39 is 7.60 Å². The molecule has 2 unspecified atom stereocenters. The van der Waals surface area contributed by atoms with E-state index in [1.54, 1.807) is 0 Å². The van der Waals surface area contributed by atoms with Crippen molar-refractivity contribution in [3.63, 3.8) is 0 Å². The monoisotopic (exact) mass is 361 g/mol. The Kier molecular flexibility index (Phi) is 5.82. The highest BCUT2D eigenvalue weighted by atomic mass is 79.9. The second kappa shape index (κ2) is 7.19. The van der Waals surface area contributed by atoms with Gasteiger partial charge in [0.25, 0.3) is 0 Å². The highest BCUT2D eigenvalue weighted by Gasteiger charge is 2.44. The summed E-state index contributed by atoms with van der Waals surface area (Å²) in [7, 11) is -3.07. The molecule has 1 aliphatic heterocycles. The molecule has 0 saturated carbocycles. The van der Waals surface area contributed by atoms with Crippen LogP contribution in [-0.2, 0) is 13.6 Å². The van der Waals surface area contributed by atoms with E-state index in [-0.39, 0.29) is 11.6 Å². The summed E-state index contributed by atoms with van der Waals surface area (Å²) in [6.07, 6.45) is 0. The molecule has 0 amide bonds. The van der Waals surface area contributed by atoms with Crippen LogP contribution in [0.5, 0.6) is 0 Å². The van der Waals surface area contributed by atoms with E-state index in [1.807, 2.05) is 26.0 Å². The lowest BCUT2D eigenvalue weighted by atomic mass is 9.98. The van der Waals surface area contributed by atoms with Crippen molar-refractivity contribution in [3.05, 3.63) is 34.3 Å². The number of rotatable bonds is 6. The number of hydrogen-bond donors (Lipinski definition) is 1. The van der Waals surface area contributed by atoms with Gasteiger partial charge in [0.1, 0.15) is 0 Å². The maximum Gasteiger partial charge on any atom is 0.335 e. The second-order valence-electron chi connectivity index (χ2n) is 4.76. The lowest BCUT2D eigenvalue weighted by Crippen LogP contribution is -2.21. The van der Waals surface area contributed by atoms with Gasteiger partial charge in [-0.15, -0.1) is 0 Å². The average molecular weight is 362 g/mol. The maximum atomic E-state index is 13.0. The highest BCUT2D eigenvalue weighted by Crippen LogP contribution is 2.58. The van der Waals surface area contributed by atoms with Crippen LogP contribution in [0, 0.1) is 0 Å². The molecule has 1 aliphatic rings. The lowest BCUT2D eigenvalue weighted by Gasteiger charge is -2.27. The molecule has 0 bridgehead atoms. The fourth-order valence-corrected chi connectivity index (χ4v) is 5.15. The summed E-state index contributed by atoms with van der Waals surface area (Å²) < 4.78 is 25.0. The summed E-state index contributed by atoms with van der Waals surface area (Å²) in [6.45, 7) is 5.97. The molecule has 1 heterocycles. The smallest absolute Gasteiger partial charge is 0.315 e. The van der Waals surface area contributed by atoms with Crippen molar-refractivity contribution >= 4 is 23.5 Å². The largest absolute Gasteiger partial charge is 0.335 e. The van der Waals surface area contributed by atoms with Gasteiger partial charge in [-0.25, -0.2) is 0 Å². The molecule has 112 valence electrons. The standard InChI is InChI=1S/C14H21BrNO3P/c1-3-18-20(17,19-4-2)14-10-16-9-13(14)11-5-7-12(15)8-6-11/h5-8,13-14,16H,3-4,9-10H2,1-2H3. The number of benzene rings is 1. The second-order valence-corrected chi connectivity index (χ2v) is 7.93. The topological polar surface area (TPSA) is 47.6 Å². The molecule has 2 atom stereocenters. The van der Waals surface area contributed by atoms with Crippen LogP contribution in [0.4, 0.5) is 0 Å². The van der Waals surface area contributed by atoms with Crippen LogP contribution in [0.1, 0.15) is 25.3 Å². The summed E-state index contributed by atoms with van der Waals surface area (Å²) in [5.74, 6) is 0.159. The van der Waals surface area contributed by atoms with Crippen molar-refractivity contribution in [1.29, 1.82) is 0 Å². The number of nitrogens with one attached hydrogen (secondary N) is 1. The molecule has 0 aliphatic carbocycles. The predicted molar refractivity (Wildman–Crippen MR) is 84.4 cm³/mol. The summed E-state index contributed by atoms with van der Waals surface area (Å²) in [6, 6.07) is 8.15. The van der Waals surface area contributed by atoms with E-state index in [2.05, 4.69) is 33.4 Å². The van der Waals surface area contributed by atoms with E-state index in [4.69, 9.17) is 9.05 Å². The fourth-order valence-electron chi connectivity index (χ4n) is 2.64. The van der Waals surface area contributed by atoms with Crippen LogP contribution >= 0.6 is 23.5 Å². The Morgan fingerprint density at radius 1 is 1.20 bits per heavy atom. The van der Waals surface area contributed by atoms with Crippen molar-refractivity contribution in [2.75, 3.05) is 26.3 Å². The van der Waals surface area contributed by atoms with Gasteiger partial charge >= 0.3 is 7.60 Å². The Balaban J connectivity index is 2.25. The van der Waals surface area contributed by atoms with Crippen molar-refractivity contribution in [2.45, 2.75) is 25.4 Å². The molecule has 1 aromatic rings. The fraction of sp³-hybridized carbons (Fsp3) is 0.571. The Hall–Kier alpha value is -0.190. The Bertz CT molecular complexity index is 470. The third-order valence-electron chi connectivity index (χ3n) is 3.50. The molecule has 0 radical (unpaired) electrons. The first kappa shape index (κ1) is 16.2. The molecule has 2 rings (SSSR count). The van der Waals surface area contributed by atoms with Gasteiger partial charge in [0, 0.05) is 23.5 Å². The highest BCUT2D eigenvalue weighted by molar-refractivity contribution is 9.10. The normalized spacial score (nSPS) is 23.1. The molecule has 6 heteroatoms.